The van der Waals surface area contributed by atoms with Gasteiger partial charge in [0.05, 0.1) is 10.3 Å². The Bertz CT molecular complexity index is 636. The summed E-state index contributed by atoms with van der Waals surface area (Å²) >= 11 is 1.53. The highest BCUT2D eigenvalue weighted by Crippen LogP contribution is 2.37. The van der Waals surface area contributed by atoms with Crippen molar-refractivity contribution in [1.82, 2.24) is 4.90 Å². The molecule has 0 spiro atoms. The second-order valence-electron chi connectivity index (χ2n) is 6.68. The number of carbonyl (C=O) groups excluding carboxylic acids is 1. The molecule has 1 fully saturated rings. The molecule has 0 aromatic carbocycles. The summed E-state index contributed by atoms with van der Waals surface area (Å²) < 4.78 is 0. The number of rotatable bonds is 4. The Kier molecular flexibility index (Phi) is 4.57. The zero-order valence-electron chi connectivity index (χ0n) is 13.3. The molecule has 2 aliphatic rings. The summed E-state index contributed by atoms with van der Waals surface area (Å²) in [5.74, 6) is -0.796. The summed E-state index contributed by atoms with van der Waals surface area (Å²) in [7, 11) is 0. The van der Waals surface area contributed by atoms with E-state index in [1.165, 1.54) is 28.9 Å². The minimum Gasteiger partial charge on any atom is -0.481 e. The third-order valence-corrected chi connectivity index (χ3v) is 6.21. The van der Waals surface area contributed by atoms with Crippen LogP contribution in [0.3, 0.4) is 0 Å². The SMILES string of the molecule is C=CC[C@]1(C(=O)O)CCCN(C(=O)c2scc3c2CCCC3)C1. The lowest BCUT2D eigenvalue weighted by Gasteiger charge is -2.39. The molecule has 0 saturated carbocycles. The van der Waals surface area contributed by atoms with Crippen molar-refractivity contribution >= 4 is 23.2 Å². The number of aryl methyl sites for hydroxylation is 1. The van der Waals surface area contributed by atoms with Crippen LogP contribution in [0, 0.1) is 5.41 Å². The Labute approximate surface area is 140 Å². The largest absolute Gasteiger partial charge is 0.481 e. The van der Waals surface area contributed by atoms with Gasteiger partial charge in [-0.1, -0.05) is 6.08 Å². The second-order valence-corrected chi connectivity index (χ2v) is 7.56. The molecule has 2 heterocycles. The van der Waals surface area contributed by atoms with Crippen molar-refractivity contribution in [3.05, 3.63) is 34.0 Å². The second kappa shape index (κ2) is 6.48. The molecule has 1 saturated heterocycles. The molecule has 1 N–H and O–H groups in total. The number of fused-ring (bicyclic) bond motifs is 1. The van der Waals surface area contributed by atoms with Crippen LogP contribution in [-0.4, -0.2) is 35.0 Å². The molecule has 0 bridgehead atoms. The molecule has 1 aliphatic heterocycles. The third kappa shape index (κ3) is 2.94. The molecule has 5 heteroatoms. The molecular weight excluding hydrogens is 310 g/mol. The van der Waals surface area contributed by atoms with Crippen molar-refractivity contribution in [1.29, 1.82) is 0 Å². The van der Waals surface area contributed by atoms with Crippen molar-refractivity contribution in [2.45, 2.75) is 44.9 Å². The van der Waals surface area contributed by atoms with E-state index in [0.717, 1.165) is 30.6 Å². The van der Waals surface area contributed by atoms with Crippen molar-refractivity contribution in [3.8, 4) is 0 Å². The van der Waals surface area contributed by atoms with Crippen molar-refractivity contribution in [2.75, 3.05) is 13.1 Å². The van der Waals surface area contributed by atoms with Gasteiger partial charge in [0.25, 0.3) is 5.91 Å². The van der Waals surface area contributed by atoms with Crippen LogP contribution in [0.4, 0.5) is 0 Å². The van der Waals surface area contributed by atoms with E-state index in [2.05, 4.69) is 12.0 Å². The molecule has 23 heavy (non-hydrogen) atoms. The standard InChI is InChI=1S/C18H23NO3S/c1-2-8-18(17(21)22)9-5-10-19(12-18)16(20)15-14-7-4-3-6-13(14)11-23-15/h2,11H,1,3-10,12H2,(H,21,22)/t18-/m0/s1. The molecule has 3 rings (SSSR count). The van der Waals surface area contributed by atoms with E-state index in [0.29, 0.717) is 25.9 Å². The predicted molar refractivity (Wildman–Crippen MR) is 91.0 cm³/mol. The van der Waals surface area contributed by atoms with E-state index in [1.807, 2.05) is 0 Å². The molecule has 0 unspecified atom stereocenters. The third-order valence-electron chi connectivity index (χ3n) is 5.15. The number of amides is 1. The normalized spacial score (nSPS) is 24.1. The lowest BCUT2D eigenvalue weighted by Crippen LogP contribution is -2.49. The van der Waals surface area contributed by atoms with Gasteiger partial charge in [-0.3, -0.25) is 9.59 Å². The Morgan fingerprint density at radius 2 is 2.13 bits per heavy atom. The molecule has 1 aromatic rings. The van der Waals surface area contributed by atoms with E-state index in [1.54, 1.807) is 11.0 Å². The number of likely N-dealkylation sites (tertiary alicyclic amines) is 1. The van der Waals surface area contributed by atoms with E-state index in [4.69, 9.17) is 0 Å². The molecule has 124 valence electrons. The van der Waals surface area contributed by atoms with Gasteiger partial charge in [0.15, 0.2) is 0 Å². The maximum atomic E-state index is 13.0. The van der Waals surface area contributed by atoms with Gasteiger partial charge in [-0.05, 0) is 61.5 Å². The van der Waals surface area contributed by atoms with Gasteiger partial charge in [0.2, 0.25) is 0 Å². The lowest BCUT2D eigenvalue weighted by atomic mass is 9.77. The van der Waals surface area contributed by atoms with Crippen molar-refractivity contribution in [2.24, 2.45) is 5.41 Å². The number of carboxylic acid groups (broad SMARTS) is 1. The molecular formula is C18H23NO3S. The van der Waals surface area contributed by atoms with Gasteiger partial charge >= 0.3 is 5.97 Å². The number of hydrogen-bond acceptors (Lipinski definition) is 3. The van der Waals surface area contributed by atoms with Crippen LogP contribution in [0.2, 0.25) is 0 Å². The Balaban J connectivity index is 1.83. The highest BCUT2D eigenvalue weighted by atomic mass is 32.1. The Morgan fingerprint density at radius 3 is 2.87 bits per heavy atom. The van der Waals surface area contributed by atoms with Gasteiger partial charge in [-0.15, -0.1) is 17.9 Å². The number of thiophene rings is 1. The zero-order valence-corrected chi connectivity index (χ0v) is 14.2. The number of aliphatic carboxylic acids is 1. The number of carboxylic acids is 1. The van der Waals surface area contributed by atoms with Gasteiger partial charge in [-0.2, -0.15) is 0 Å². The fourth-order valence-electron chi connectivity index (χ4n) is 3.85. The minimum atomic E-state index is -0.868. The van der Waals surface area contributed by atoms with Crippen molar-refractivity contribution < 1.29 is 14.7 Å². The maximum Gasteiger partial charge on any atom is 0.311 e. The summed E-state index contributed by atoms with van der Waals surface area (Å²) in [4.78, 5) is 27.3. The lowest BCUT2D eigenvalue weighted by molar-refractivity contribution is -0.151. The number of piperidine rings is 1. The molecule has 1 atom stereocenters. The smallest absolute Gasteiger partial charge is 0.311 e. The van der Waals surface area contributed by atoms with Gasteiger partial charge < -0.3 is 10.0 Å². The van der Waals surface area contributed by atoms with Crippen LogP contribution in [0.15, 0.2) is 18.0 Å². The van der Waals surface area contributed by atoms with Crippen molar-refractivity contribution in [3.63, 3.8) is 0 Å². The quantitative estimate of drug-likeness (QED) is 0.858. The van der Waals surface area contributed by atoms with Crippen LogP contribution in [0.1, 0.15) is 52.9 Å². The number of allylic oxidation sites excluding steroid dienone is 1. The minimum absolute atomic E-state index is 0.0209. The van der Waals surface area contributed by atoms with Crippen LogP contribution >= 0.6 is 11.3 Å². The number of nitrogens with zero attached hydrogens (tertiary/aromatic N) is 1. The molecule has 1 aromatic heterocycles. The summed E-state index contributed by atoms with van der Waals surface area (Å²) in [6, 6.07) is 0. The average Bonchev–Trinajstić information content (AvgIpc) is 2.98. The maximum absolute atomic E-state index is 13.0. The topological polar surface area (TPSA) is 57.6 Å². The first-order valence-electron chi connectivity index (χ1n) is 8.30. The Morgan fingerprint density at radius 1 is 1.35 bits per heavy atom. The summed E-state index contributed by atoms with van der Waals surface area (Å²) in [6.45, 7) is 4.64. The van der Waals surface area contributed by atoms with E-state index in [-0.39, 0.29) is 5.91 Å². The van der Waals surface area contributed by atoms with E-state index in [9.17, 15) is 14.7 Å². The van der Waals surface area contributed by atoms with Crippen LogP contribution < -0.4 is 0 Å². The first-order chi connectivity index (χ1) is 11.1. The van der Waals surface area contributed by atoms with Crippen LogP contribution in [0.25, 0.3) is 0 Å². The Hall–Kier alpha value is -1.62. The van der Waals surface area contributed by atoms with Crippen LogP contribution in [0.5, 0.6) is 0 Å². The van der Waals surface area contributed by atoms with Crippen LogP contribution in [-0.2, 0) is 17.6 Å². The average molecular weight is 333 g/mol. The first kappa shape index (κ1) is 16.2. The molecule has 0 radical (unpaired) electrons. The van der Waals surface area contributed by atoms with Gasteiger partial charge in [0, 0.05) is 13.1 Å². The fourth-order valence-corrected chi connectivity index (χ4v) is 4.98. The molecule has 1 amide bonds. The van der Waals surface area contributed by atoms with Gasteiger partial charge in [0.1, 0.15) is 0 Å². The molecule has 1 aliphatic carbocycles. The van der Waals surface area contributed by atoms with Gasteiger partial charge in [-0.25, -0.2) is 0 Å². The summed E-state index contributed by atoms with van der Waals surface area (Å²) in [5, 5.41) is 11.8. The number of hydrogen-bond donors (Lipinski definition) is 1. The monoisotopic (exact) mass is 333 g/mol. The highest BCUT2D eigenvalue weighted by Gasteiger charge is 2.43. The predicted octanol–water partition coefficient (Wildman–Crippen LogP) is 3.51. The fraction of sp³-hybridized carbons (Fsp3) is 0.556. The molecule has 4 nitrogen and oxygen atoms in total. The summed E-state index contributed by atoms with van der Waals surface area (Å²) in [6.07, 6.45) is 7.80. The van der Waals surface area contributed by atoms with E-state index >= 15 is 0 Å². The summed E-state index contributed by atoms with van der Waals surface area (Å²) in [5.41, 5.74) is 1.66. The first-order valence-corrected chi connectivity index (χ1v) is 9.18. The number of carbonyl (C=O) groups is 2. The zero-order chi connectivity index (χ0) is 16.4. The highest BCUT2D eigenvalue weighted by molar-refractivity contribution is 7.12. The van der Waals surface area contributed by atoms with E-state index < -0.39 is 11.4 Å².